The summed E-state index contributed by atoms with van der Waals surface area (Å²) in [5, 5.41) is 8.79. The minimum atomic E-state index is 0.105. The van der Waals surface area contributed by atoms with Crippen molar-refractivity contribution in [1.29, 1.82) is 0 Å². The molecular weight excluding hydrogens is 326 g/mol. The first-order valence-electron chi connectivity index (χ1n) is 9.29. The number of anilines is 2. The number of rotatable bonds is 3. The Hall–Kier alpha value is -2.63. The van der Waals surface area contributed by atoms with Crippen molar-refractivity contribution in [1.82, 2.24) is 15.1 Å². The van der Waals surface area contributed by atoms with Gasteiger partial charge in [-0.05, 0) is 49.1 Å². The van der Waals surface area contributed by atoms with Crippen LogP contribution in [0.2, 0.25) is 0 Å². The van der Waals surface area contributed by atoms with Gasteiger partial charge in [0.15, 0.2) is 5.82 Å². The van der Waals surface area contributed by atoms with E-state index in [4.69, 9.17) is 0 Å². The summed E-state index contributed by atoms with van der Waals surface area (Å²) in [5.41, 5.74) is 4.29. The average molecular weight is 351 g/mol. The number of aromatic nitrogens is 2. The summed E-state index contributed by atoms with van der Waals surface area (Å²) in [5.74, 6) is 1.06. The van der Waals surface area contributed by atoms with Gasteiger partial charge in [-0.2, -0.15) is 5.10 Å². The molecule has 4 rings (SSSR count). The molecule has 1 aliphatic carbocycles. The number of carbonyl (C=O) groups excluding carboxylic acids is 1. The summed E-state index contributed by atoms with van der Waals surface area (Å²) in [7, 11) is 3.97. The van der Waals surface area contributed by atoms with E-state index in [0.29, 0.717) is 13.1 Å². The number of carbonyl (C=O) groups is 1. The number of benzene rings is 1. The first-order chi connectivity index (χ1) is 12.6. The van der Waals surface area contributed by atoms with Gasteiger partial charge in [0.05, 0.1) is 5.69 Å². The molecule has 1 amide bonds. The smallest absolute Gasteiger partial charge is 0.254 e. The minimum absolute atomic E-state index is 0.105. The van der Waals surface area contributed by atoms with Crippen LogP contribution in [0.3, 0.4) is 0 Å². The number of nitrogens with zero attached hydrogens (tertiary/aromatic N) is 5. The van der Waals surface area contributed by atoms with Crippen molar-refractivity contribution in [2.24, 2.45) is 0 Å². The van der Waals surface area contributed by atoms with Crippen molar-refractivity contribution in [3.05, 3.63) is 47.2 Å². The van der Waals surface area contributed by atoms with Crippen LogP contribution < -0.4 is 9.80 Å². The zero-order valence-electron chi connectivity index (χ0n) is 15.5. The van der Waals surface area contributed by atoms with Gasteiger partial charge < -0.3 is 14.7 Å². The molecule has 1 aromatic carbocycles. The molecule has 1 aliphatic heterocycles. The lowest BCUT2D eigenvalue weighted by molar-refractivity contribution is 0.0746. The van der Waals surface area contributed by atoms with E-state index >= 15 is 0 Å². The van der Waals surface area contributed by atoms with Gasteiger partial charge in [-0.25, -0.2) is 0 Å². The summed E-state index contributed by atoms with van der Waals surface area (Å²) in [6.07, 6.45) is 3.34. The molecule has 0 saturated carbocycles. The number of fused-ring (bicyclic) bond motifs is 1. The van der Waals surface area contributed by atoms with E-state index in [1.807, 2.05) is 48.2 Å². The Kier molecular flexibility index (Phi) is 4.49. The zero-order valence-corrected chi connectivity index (χ0v) is 15.5. The Bertz CT molecular complexity index is 812. The minimum Gasteiger partial charge on any atom is -0.378 e. The fourth-order valence-electron chi connectivity index (χ4n) is 3.71. The summed E-state index contributed by atoms with van der Waals surface area (Å²) in [6, 6.07) is 10.0. The molecule has 0 bridgehead atoms. The third-order valence-electron chi connectivity index (χ3n) is 5.31. The molecule has 1 aromatic heterocycles. The molecule has 0 radical (unpaired) electrons. The largest absolute Gasteiger partial charge is 0.378 e. The number of aryl methyl sites for hydroxylation is 2. The Labute approximate surface area is 154 Å². The van der Waals surface area contributed by atoms with Gasteiger partial charge in [0.25, 0.3) is 5.91 Å². The van der Waals surface area contributed by atoms with Crippen molar-refractivity contribution < 1.29 is 4.79 Å². The van der Waals surface area contributed by atoms with E-state index < -0.39 is 0 Å². The van der Waals surface area contributed by atoms with Gasteiger partial charge in [0.1, 0.15) is 0 Å². The highest BCUT2D eigenvalue weighted by Gasteiger charge is 2.24. The van der Waals surface area contributed by atoms with Crippen LogP contribution >= 0.6 is 0 Å². The fraction of sp³-hybridized carbons (Fsp3) is 0.450. The molecule has 2 heterocycles. The van der Waals surface area contributed by atoms with Crippen LogP contribution in [-0.4, -0.2) is 61.3 Å². The Morgan fingerprint density at radius 3 is 2.62 bits per heavy atom. The Morgan fingerprint density at radius 2 is 1.85 bits per heavy atom. The van der Waals surface area contributed by atoms with Crippen molar-refractivity contribution in [3.8, 4) is 0 Å². The van der Waals surface area contributed by atoms with Crippen molar-refractivity contribution in [2.45, 2.75) is 19.3 Å². The van der Waals surface area contributed by atoms with Gasteiger partial charge in [-0.15, -0.1) is 5.10 Å². The lowest BCUT2D eigenvalue weighted by Crippen LogP contribution is -2.49. The fourth-order valence-corrected chi connectivity index (χ4v) is 3.71. The molecule has 0 N–H and O–H groups in total. The lowest BCUT2D eigenvalue weighted by Gasteiger charge is -2.35. The molecule has 136 valence electrons. The molecule has 2 aromatic rings. The van der Waals surface area contributed by atoms with Gasteiger partial charge in [0.2, 0.25) is 0 Å². The number of hydrogen-bond acceptors (Lipinski definition) is 5. The number of piperazine rings is 1. The quantitative estimate of drug-likeness (QED) is 0.847. The second-order valence-electron chi connectivity index (χ2n) is 7.25. The third kappa shape index (κ3) is 3.23. The molecule has 26 heavy (non-hydrogen) atoms. The molecule has 1 saturated heterocycles. The van der Waals surface area contributed by atoms with Gasteiger partial charge in [0, 0.05) is 51.5 Å². The second-order valence-corrected chi connectivity index (χ2v) is 7.25. The highest BCUT2D eigenvalue weighted by Crippen LogP contribution is 2.24. The first-order valence-corrected chi connectivity index (χ1v) is 9.29. The standard InChI is InChI=1S/C20H25N5O/c1-23(2)17-7-3-6-16(13-17)20(26)25-11-9-24(10-12-25)19-14-15-5-4-8-18(15)21-22-19/h3,6-7,13-14H,4-5,8-12H2,1-2H3. The predicted molar refractivity (Wildman–Crippen MR) is 103 cm³/mol. The summed E-state index contributed by atoms with van der Waals surface area (Å²) < 4.78 is 0. The van der Waals surface area contributed by atoms with Crippen LogP contribution in [0.1, 0.15) is 28.0 Å². The maximum atomic E-state index is 12.8. The first kappa shape index (κ1) is 16.8. The molecule has 0 atom stereocenters. The van der Waals surface area contributed by atoms with E-state index in [2.05, 4.69) is 21.2 Å². The third-order valence-corrected chi connectivity index (χ3v) is 5.31. The zero-order chi connectivity index (χ0) is 18.1. The van der Waals surface area contributed by atoms with Gasteiger partial charge in [-0.3, -0.25) is 4.79 Å². The topological polar surface area (TPSA) is 52.6 Å². The van der Waals surface area contributed by atoms with Crippen LogP contribution in [0.15, 0.2) is 30.3 Å². The highest BCUT2D eigenvalue weighted by atomic mass is 16.2. The summed E-state index contributed by atoms with van der Waals surface area (Å²) in [4.78, 5) is 19.0. The van der Waals surface area contributed by atoms with E-state index in [0.717, 1.165) is 48.7 Å². The molecule has 0 unspecified atom stereocenters. The summed E-state index contributed by atoms with van der Waals surface area (Å²) >= 11 is 0. The Balaban J connectivity index is 1.42. The molecule has 0 spiro atoms. The maximum absolute atomic E-state index is 12.8. The van der Waals surface area contributed by atoms with Crippen molar-refractivity contribution in [2.75, 3.05) is 50.1 Å². The normalized spacial score (nSPS) is 16.5. The number of amides is 1. The molecular formula is C20H25N5O. The molecule has 6 heteroatoms. The van der Waals surface area contributed by atoms with E-state index in [1.54, 1.807) is 0 Å². The van der Waals surface area contributed by atoms with Crippen LogP contribution in [0.5, 0.6) is 0 Å². The van der Waals surface area contributed by atoms with E-state index in [-0.39, 0.29) is 5.91 Å². The van der Waals surface area contributed by atoms with Gasteiger partial charge >= 0.3 is 0 Å². The van der Waals surface area contributed by atoms with Crippen molar-refractivity contribution in [3.63, 3.8) is 0 Å². The summed E-state index contributed by atoms with van der Waals surface area (Å²) in [6.45, 7) is 3.02. The number of hydrogen-bond donors (Lipinski definition) is 0. The van der Waals surface area contributed by atoms with Crippen LogP contribution in [0.4, 0.5) is 11.5 Å². The monoisotopic (exact) mass is 351 g/mol. The molecule has 2 aliphatic rings. The van der Waals surface area contributed by atoms with Gasteiger partial charge in [-0.1, -0.05) is 6.07 Å². The van der Waals surface area contributed by atoms with E-state index in [1.165, 1.54) is 12.0 Å². The lowest BCUT2D eigenvalue weighted by atomic mass is 10.1. The second kappa shape index (κ2) is 6.94. The molecule has 6 nitrogen and oxygen atoms in total. The van der Waals surface area contributed by atoms with E-state index in [9.17, 15) is 4.79 Å². The maximum Gasteiger partial charge on any atom is 0.254 e. The van der Waals surface area contributed by atoms with Crippen LogP contribution in [0.25, 0.3) is 0 Å². The van der Waals surface area contributed by atoms with Crippen LogP contribution in [-0.2, 0) is 12.8 Å². The average Bonchev–Trinajstić information content (AvgIpc) is 3.15. The highest BCUT2D eigenvalue weighted by molar-refractivity contribution is 5.95. The Morgan fingerprint density at radius 1 is 1.04 bits per heavy atom. The van der Waals surface area contributed by atoms with Crippen molar-refractivity contribution >= 4 is 17.4 Å². The molecule has 1 fully saturated rings. The SMILES string of the molecule is CN(C)c1cccc(C(=O)N2CCN(c3cc4c(nn3)CCC4)CC2)c1. The van der Waals surface area contributed by atoms with Crippen LogP contribution in [0, 0.1) is 0 Å². The predicted octanol–water partition coefficient (Wildman–Crippen LogP) is 1.99.